The van der Waals surface area contributed by atoms with Crippen LogP contribution in [0.4, 0.5) is 5.69 Å². The minimum absolute atomic E-state index is 0.00970. The largest absolute Gasteiger partial charge is 0.504 e. The second-order valence-electron chi connectivity index (χ2n) is 13.6. The maximum absolute atomic E-state index is 14.0. The number of carbonyl (C=O) groups is 3. The lowest BCUT2D eigenvalue weighted by Gasteiger charge is -2.60. The molecule has 5 aliphatic rings. The van der Waals surface area contributed by atoms with Gasteiger partial charge in [0.25, 0.3) is 17.5 Å². The van der Waals surface area contributed by atoms with Crippen molar-refractivity contribution >= 4 is 23.5 Å². The first-order valence-electron chi connectivity index (χ1n) is 16.4. The number of methoxy groups -OCH3 is 1. The zero-order chi connectivity index (χ0) is 36.2. The Morgan fingerprint density at radius 2 is 1.80 bits per heavy atom. The van der Waals surface area contributed by atoms with E-state index >= 15 is 0 Å². The van der Waals surface area contributed by atoms with Crippen LogP contribution in [0.3, 0.4) is 0 Å². The van der Waals surface area contributed by atoms with Gasteiger partial charge in [-0.1, -0.05) is 6.07 Å². The standard InChI is InChI=1S/C36H33N5O10/c1-15-8-18-9-23-25(12-37)40-24(29(38(23)4)27(18)30(43)31(15)48-5)11-22-28(34-33(49-14-50-34)16(2)32(22)51-17(3)42)26(40)13-39-35(44)20-7-6-19(41(46)47)10-21(20)36(39)45/h6-8,10,23-26,29,43H,9,11,13-14H2,1-5H3/t23-,24?,25?,26-,29-/m0/s1. The highest BCUT2D eigenvalue weighted by atomic mass is 16.7. The number of nitro benzene ring substituents is 1. The molecule has 0 aromatic heterocycles. The zero-order valence-corrected chi connectivity index (χ0v) is 28.4. The summed E-state index contributed by atoms with van der Waals surface area (Å²) in [5, 5.41) is 34.2. The molecule has 51 heavy (non-hydrogen) atoms. The van der Waals surface area contributed by atoms with E-state index in [2.05, 4.69) is 11.0 Å². The predicted molar refractivity (Wildman–Crippen MR) is 176 cm³/mol. The Morgan fingerprint density at radius 1 is 1.08 bits per heavy atom. The third-order valence-electron chi connectivity index (χ3n) is 11.0. The molecular weight excluding hydrogens is 662 g/mol. The number of imide groups is 1. The summed E-state index contributed by atoms with van der Waals surface area (Å²) in [6.07, 6.45) is 0.651. The Kier molecular flexibility index (Phi) is 7.26. The van der Waals surface area contributed by atoms with E-state index in [0.717, 1.165) is 22.1 Å². The van der Waals surface area contributed by atoms with Crippen molar-refractivity contribution in [2.24, 2.45) is 0 Å². The van der Waals surface area contributed by atoms with E-state index in [-0.39, 0.29) is 54.1 Å². The lowest BCUT2D eigenvalue weighted by Crippen LogP contribution is -2.68. The van der Waals surface area contributed by atoms with Crippen molar-refractivity contribution in [3.63, 3.8) is 0 Å². The van der Waals surface area contributed by atoms with Gasteiger partial charge in [0, 0.05) is 59.9 Å². The summed E-state index contributed by atoms with van der Waals surface area (Å²) >= 11 is 0. The van der Waals surface area contributed by atoms with E-state index in [0.29, 0.717) is 45.9 Å². The highest BCUT2D eigenvalue weighted by molar-refractivity contribution is 6.21. The first-order chi connectivity index (χ1) is 24.4. The third-order valence-corrected chi connectivity index (χ3v) is 11.0. The van der Waals surface area contributed by atoms with Crippen LogP contribution in [0, 0.1) is 35.3 Å². The lowest BCUT2D eigenvalue weighted by atomic mass is 9.71. The first-order valence-corrected chi connectivity index (χ1v) is 16.4. The Hall–Kier alpha value is -5.72. The SMILES string of the molecule is COc1c(C)cc2c(c1O)[C@@H]1C3Cc4c(OC(C)=O)c(C)c5c(c4[C@H](CN4C(=O)c6ccc([N+](=O)[O-])cc6C4=O)N3C(C#N)[C@H](C2)N1C)OCO5. The van der Waals surface area contributed by atoms with Crippen LogP contribution < -0.4 is 18.9 Å². The second-order valence-corrected chi connectivity index (χ2v) is 13.6. The van der Waals surface area contributed by atoms with Crippen LogP contribution in [0.25, 0.3) is 0 Å². The highest BCUT2D eigenvalue weighted by Crippen LogP contribution is 2.58. The number of hydrogen-bond acceptors (Lipinski definition) is 13. The number of nitriles is 1. The number of likely N-dealkylation sites (N-methyl/N-ethyl adjacent to an activating group) is 1. The Balaban J connectivity index is 1.36. The molecule has 15 heteroatoms. The summed E-state index contributed by atoms with van der Waals surface area (Å²) < 4.78 is 23.4. The number of aryl methyl sites for hydroxylation is 1. The van der Waals surface area contributed by atoms with Crippen molar-refractivity contribution in [1.29, 1.82) is 5.26 Å². The average Bonchev–Trinajstić information content (AvgIpc) is 3.67. The molecule has 1 N–H and O–H groups in total. The Bertz CT molecular complexity index is 2160. The molecule has 3 aromatic rings. The number of piperazine rings is 1. The van der Waals surface area contributed by atoms with E-state index in [1.165, 1.54) is 26.2 Å². The lowest BCUT2D eigenvalue weighted by molar-refractivity contribution is -0.384. The smallest absolute Gasteiger partial charge is 0.308 e. The number of amides is 2. The molecule has 1 saturated heterocycles. The summed E-state index contributed by atoms with van der Waals surface area (Å²) in [5.41, 5.74) is 3.50. The molecule has 5 atom stereocenters. The number of esters is 1. The minimum Gasteiger partial charge on any atom is -0.504 e. The molecule has 5 aliphatic heterocycles. The van der Waals surface area contributed by atoms with Crippen LogP contribution in [0.15, 0.2) is 24.3 Å². The van der Waals surface area contributed by atoms with Crippen LogP contribution in [0.5, 0.6) is 28.7 Å². The third kappa shape index (κ3) is 4.46. The van der Waals surface area contributed by atoms with Gasteiger partial charge in [-0.05, 0) is 50.9 Å². The average molecular weight is 696 g/mol. The number of aromatic hydroxyl groups is 1. The molecule has 0 aliphatic carbocycles. The predicted octanol–water partition coefficient (Wildman–Crippen LogP) is 3.65. The number of nitrogens with zero attached hydrogens (tertiary/aromatic N) is 5. The molecule has 0 saturated carbocycles. The molecule has 0 spiro atoms. The van der Waals surface area contributed by atoms with Gasteiger partial charge in [-0.25, -0.2) is 0 Å². The van der Waals surface area contributed by atoms with E-state index in [9.17, 15) is 34.9 Å². The van der Waals surface area contributed by atoms with Crippen LogP contribution >= 0.6 is 0 Å². The number of rotatable bonds is 5. The summed E-state index contributed by atoms with van der Waals surface area (Å²) in [7, 11) is 3.40. The number of non-ortho nitro benzene ring substituents is 1. The number of phenolic OH excluding ortho intramolecular Hbond substituents is 1. The van der Waals surface area contributed by atoms with Gasteiger partial charge in [0.05, 0.1) is 41.3 Å². The minimum atomic E-state index is -0.888. The van der Waals surface area contributed by atoms with E-state index in [1.54, 1.807) is 6.92 Å². The number of carbonyl (C=O) groups excluding carboxylic acids is 3. The molecule has 15 nitrogen and oxygen atoms in total. The van der Waals surface area contributed by atoms with Crippen molar-refractivity contribution < 1.29 is 43.4 Å². The fourth-order valence-corrected chi connectivity index (χ4v) is 9.02. The van der Waals surface area contributed by atoms with Crippen LogP contribution in [0.2, 0.25) is 0 Å². The normalized spacial score (nSPS) is 24.3. The van der Waals surface area contributed by atoms with E-state index in [1.807, 2.05) is 24.9 Å². The van der Waals surface area contributed by atoms with Crippen LogP contribution in [-0.4, -0.2) is 88.1 Å². The van der Waals surface area contributed by atoms with E-state index in [4.69, 9.17) is 18.9 Å². The molecule has 262 valence electrons. The maximum Gasteiger partial charge on any atom is 0.308 e. The van der Waals surface area contributed by atoms with Gasteiger partial charge in [0.1, 0.15) is 11.8 Å². The molecule has 3 aromatic carbocycles. The highest BCUT2D eigenvalue weighted by Gasteiger charge is 2.57. The molecule has 2 amide bonds. The number of fused-ring (bicyclic) bond motifs is 10. The van der Waals surface area contributed by atoms with Crippen LogP contribution in [0.1, 0.15) is 73.1 Å². The number of phenols is 1. The van der Waals surface area contributed by atoms with Crippen molar-refractivity contribution in [1.82, 2.24) is 14.7 Å². The fraction of sp³-hybridized carbons (Fsp3) is 0.389. The Labute approximate surface area is 291 Å². The van der Waals surface area contributed by atoms with Crippen molar-refractivity contribution in [2.45, 2.75) is 63.8 Å². The maximum atomic E-state index is 14.0. The van der Waals surface area contributed by atoms with Gasteiger partial charge in [0.2, 0.25) is 6.79 Å². The van der Waals surface area contributed by atoms with Gasteiger partial charge in [-0.2, -0.15) is 5.26 Å². The molecule has 8 rings (SSSR count). The zero-order valence-electron chi connectivity index (χ0n) is 28.4. The van der Waals surface area contributed by atoms with E-state index < -0.39 is 46.9 Å². The van der Waals surface area contributed by atoms with Gasteiger partial charge in [0.15, 0.2) is 23.0 Å². The first kappa shape index (κ1) is 32.5. The quantitative estimate of drug-likeness (QED) is 0.134. The summed E-state index contributed by atoms with van der Waals surface area (Å²) in [4.78, 5) is 56.5. The molecule has 2 bridgehead atoms. The molecule has 1 fully saturated rings. The monoisotopic (exact) mass is 695 g/mol. The number of hydrogen-bond donors (Lipinski definition) is 1. The summed E-state index contributed by atoms with van der Waals surface area (Å²) in [6, 6.07) is 4.94. The topological polar surface area (TPSA) is 185 Å². The molecule has 0 radical (unpaired) electrons. The van der Waals surface area contributed by atoms with Crippen molar-refractivity contribution in [3.05, 3.63) is 78.9 Å². The van der Waals surface area contributed by atoms with Gasteiger partial charge >= 0.3 is 5.97 Å². The fourth-order valence-electron chi connectivity index (χ4n) is 9.02. The molecule has 5 heterocycles. The molecular formula is C36H33N5O10. The van der Waals surface area contributed by atoms with Gasteiger partial charge in [-0.15, -0.1) is 0 Å². The molecule has 2 unspecified atom stereocenters. The number of nitro groups is 1. The second kappa shape index (κ2) is 11.4. The van der Waals surface area contributed by atoms with Gasteiger partial charge < -0.3 is 24.1 Å². The van der Waals surface area contributed by atoms with Crippen LogP contribution in [-0.2, 0) is 17.6 Å². The summed E-state index contributed by atoms with van der Waals surface area (Å²) in [5.74, 6) is -0.643. The number of ether oxygens (including phenoxy) is 4. The van der Waals surface area contributed by atoms with Gasteiger partial charge in [-0.3, -0.25) is 39.2 Å². The number of benzene rings is 3. The van der Waals surface area contributed by atoms with Crippen molar-refractivity contribution in [3.8, 4) is 34.8 Å². The van der Waals surface area contributed by atoms with Crippen molar-refractivity contribution in [2.75, 3.05) is 27.5 Å². The summed E-state index contributed by atoms with van der Waals surface area (Å²) in [6.45, 7) is 4.49. The Morgan fingerprint density at radius 3 is 2.49 bits per heavy atom.